The maximum atomic E-state index is 5.70. The van der Waals surface area contributed by atoms with Crippen molar-refractivity contribution in [2.75, 3.05) is 5.88 Å². The maximum Gasteiger partial charge on any atom is 0.0251 e. The minimum atomic E-state index is 0.770. The zero-order valence-corrected chi connectivity index (χ0v) is 7.25. The molecule has 0 rings (SSSR count). The smallest absolute Gasteiger partial charge is 0.0251 e. The molecule has 1 heteroatoms. The molecule has 0 heterocycles. The normalized spacial score (nSPS) is 13.7. The molecule has 0 N–H and O–H groups in total. The minimum absolute atomic E-state index is 0.770. The molecule has 0 aromatic heterocycles. The monoisotopic (exact) mass is 148 g/mol. The van der Waals surface area contributed by atoms with Gasteiger partial charge in [0.15, 0.2) is 0 Å². The Hall–Kier alpha value is 0.290. The molecule has 0 saturated carbocycles. The number of halogens is 1. The summed E-state index contributed by atoms with van der Waals surface area (Å²) in [4.78, 5) is 0. The van der Waals surface area contributed by atoms with Crippen molar-refractivity contribution in [1.82, 2.24) is 0 Å². The second-order valence-electron chi connectivity index (χ2n) is 2.57. The first-order valence-electron chi connectivity index (χ1n) is 3.91. The van der Waals surface area contributed by atoms with Gasteiger partial charge < -0.3 is 0 Å². The molecule has 0 fully saturated rings. The molecule has 9 heavy (non-hydrogen) atoms. The lowest BCUT2D eigenvalue weighted by Gasteiger charge is -2.08. The van der Waals surface area contributed by atoms with Crippen molar-refractivity contribution >= 4 is 11.6 Å². The van der Waals surface area contributed by atoms with E-state index in [1.54, 1.807) is 0 Å². The van der Waals surface area contributed by atoms with E-state index in [-0.39, 0.29) is 0 Å². The van der Waals surface area contributed by atoms with Gasteiger partial charge in [0.05, 0.1) is 0 Å². The molecule has 0 saturated heterocycles. The van der Waals surface area contributed by atoms with E-state index in [0.717, 1.165) is 11.8 Å². The van der Waals surface area contributed by atoms with Crippen molar-refractivity contribution in [1.29, 1.82) is 0 Å². The summed E-state index contributed by atoms with van der Waals surface area (Å²) in [6.45, 7) is 4.43. The summed E-state index contributed by atoms with van der Waals surface area (Å²) in [7, 11) is 0. The van der Waals surface area contributed by atoms with E-state index < -0.39 is 0 Å². The van der Waals surface area contributed by atoms with Gasteiger partial charge in [0, 0.05) is 5.88 Å². The Labute approximate surface area is 63.6 Å². The third kappa shape index (κ3) is 4.77. The predicted molar refractivity (Wildman–Crippen MR) is 44.0 cm³/mol. The average Bonchev–Trinajstić information content (AvgIpc) is 1.91. The van der Waals surface area contributed by atoms with Crippen LogP contribution >= 0.6 is 11.6 Å². The van der Waals surface area contributed by atoms with E-state index in [4.69, 9.17) is 11.6 Å². The van der Waals surface area contributed by atoms with E-state index in [2.05, 4.69) is 13.8 Å². The Bertz CT molecular complexity index is 48.5. The van der Waals surface area contributed by atoms with Gasteiger partial charge in [-0.15, -0.1) is 11.6 Å². The van der Waals surface area contributed by atoms with Crippen molar-refractivity contribution in [3.63, 3.8) is 0 Å². The van der Waals surface area contributed by atoms with Gasteiger partial charge in [0.1, 0.15) is 0 Å². The van der Waals surface area contributed by atoms with E-state index in [1.807, 2.05) is 0 Å². The Morgan fingerprint density at radius 3 is 2.33 bits per heavy atom. The van der Waals surface area contributed by atoms with Gasteiger partial charge in [-0.05, 0) is 12.3 Å². The fourth-order valence-corrected chi connectivity index (χ4v) is 1.26. The summed E-state index contributed by atoms with van der Waals surface area (Å²) in [5.41, 5.74) is 0. The van der Waals surface area contributed by atoms with Gasteiger partial charge in [-0.1, -0.05) is 33.1 Å². The van der Waals surface area contributed by atoms with Crippen LogP contribution in [0.3, 0.4) is 0 Å². The molecule has 0 aliphatic rings. The molecule has 56 valence electrons. The summed E-state index contributed by atoms with van der Waals surface area (Å²) in [5.74, 6) is 1.61. The fourth-order valence-electron chi connectivity index (χ4n) is 0.883. The number of alkyl halides is 1. The van der Waals surface area contributed by atoms with Crippen molar-refractivity contribution in [2.24, 2.45) is 5.92 Å². The van der Waals surface area contributed by atoms with E-state index in [9.17, 15) is 0 Å². The SMILES string of the molecule is CCCC[C@H](CC)CCl. The van der Waals surface area contributed by atoms with E-state index in [0.29, 0.717) is 0 Å². The summed E-state index contributed by atoms with van der Waals surface area (Å²) < 4.78 is 0. The molecule has 0 aromatic carbocycles. The van der Waals surface area contributed by atoms with Gasteiger partial charge in [0.2, 0.25) is 0 Å². The highest BCUT2D eigenvalue weighted by atomic mass is 35.5. The van der Waals surface area contributed by atoms with Crippen molar-refractivity contribution in [3.8, 4) is 0 Å². The Morgan fingerprint density at radius 1 is 1.33 bits per heavy atom. The Kier molecular flexibility index (Phi) is 6.62. The summed E-state index contributed by atoms with van der Waals surface area (Å²) in [6.07, 6.45) is 5.19. The zero-order valence-electron chi connectivity index (χ0n) is 6.49. The number of hydrogen-bond acceptors (Lipinski definition) is 0. The molecule has 0 bridgehead atoms. The summed E-state index contributed by atoms with van der Waals surface area (Å²) in [5, 5.41) is 0. The maximum absolute atomic E-state index is 5.70. The summed E-state index contributed by atoms with van der Waals surface area (Å²) >= 11 is 5.70. The van der Waals surface area contributed by atoms with Crippen molar-refractivity contribution < 1.29 is 0 Å². The third-order valence-corrected chi connectivity index (χ3v) is 2.20. The van der Waals surface area contributed by atoms with Crippen LogP contribution in [0.4, 0.5) is 0 Å². The lowest BCUT2D eigenvalue weighted by Crippen LogP contribution is -1.99. The minimum Gasteiger partial charge on any atom is -0.126 e. The van der Waals surface area contributed by atoms with Gasteiger partial charge in [0.25, 0.3) is 0 Å². The molecule has 0 nitrogen and oxygen atoms in total. The van der Waals surface area contributed by atoms with Gasteiger partial charge >= 0.3 is 0 Å². The second kappa shape index (κ2) is 6.41. The van der Waals surface area contributed by atoms with Crippen LogP contribution in [0.15, 0.2) is 0 Å². The third-order valence-electron chi connectivity index (χ3n) is 1.76. The fraction of sp³-hybridized carbons (Fsp3) is 1.00. The van der Waals surface area contributed by atoms with Gasteiger partial charge in [-0.25, -0.2) is 0 Å². The van der Waals surface area contributed by atoms with E-state index >= 15 is 0 Å². The van der Waals surface area contributed by atoms with Crippen LogP contribution in [0.1, 0.15) is 39.5 Å². The van der Waals surface area contributed by atoms with Gasteiger partial charge in [-0.3, -0.25) is 0 Å². The molecule has 0 radical (unpaired) electrons. The summed E-state index contributed by atoms with van der Waals surface area (Å²) in [6, 6.07) is 0. The molecular weight excluding hydrogens is 132 g/mol. The van der Waals surface area contributed by atoms with Crippen molar-refractivity contribution in [2.45, 2.75) is 39.5 Å². The standard InChI is InChI=1S/C8H17Cl/c1-3-5-6-8(4-2)7-9/h8H,3-7H2,1-2H3/t8-/m0/s1. The van der Waals surface area contributed by atoms with Crippen LogP contribution in [0, 0.1) is 5.92 Å². The number of hydrogen-bond donors (Lipinski definition) is 0. The van der Waals surface area contributed by atoms with Crippen LogP contribution in [-0.2, 0) is 0 Å². The first-order valence-corrected chi connectivity index (χ1v) is 4.44. The molecule has 0 aromatic rings. The average molecular weight is 149 g/mol. The van der Waals surface area contributed by atoms with Crippen LogP contribution in [0.5, 0.6) is 0 Å². The van der Waals surface area contributed by atoms with Crippen LogP contribution < -0.4 is 0 Å². The molecule has 0 amide bonds. The van der Waals surface area contributed by atoms with Crippen molar-refractivity contribution in [3.05, 3.63) is 0 Å². The number of unbranched alkanes of at least 4 members (excludes halogenated alkanes) is 1. The first kappa shape index (κ1) is 9.29. The van der Waals surface area contributed by atoms with E-state index in [1.165, 1.54) is 25.7 Å². The molecule has 1 atom stereocenters. The molecule has 0 aliphatic carbocycles. The largest absolute Gasteiger partial charge is 0.126 e. The van der Waals surface area contributed by atoms with Crippen LogP contribution in [0.25, 0.3) is 0 Å². The lowest BCUT2D eigenvalue weighted by molar-refractivity contribution is 0.497. The highest BCUT2D eigenvalue weighted by Crippen LogP contribution is 2.13. The molecule has 0 unspecified atom stereocenters. The Morgan fingerprint density at radius 2 is 2.00 bits per heavy atom. The topological polar surface area (TPSA) is 0 Å². The number of rotatable bonds is 5. The highest BCUT2D eigenvalue weighted by molar-refractivity contribution is 6.18. The van der Waals surface area contributed by atoms with Crippen LogP contribution in [0.2, 0.25) is 0 Å². The predicted octanol–water partition coefficient (Wildman–Crippen LogP) is 3.44. The Balaban J connectivity index is 3.09. The molecule has 0 spiro atoms. The van der Waals surface area contributed by atoms with Gasteiger partial charge in [-0.2, -0.15) is 0 Å². The lowest BCUT2D eigenvalue weighted by atomic mass is 10.0. The second-order valence-corrected chi connectivity index (χ2v) is 2.88. The molecular formula is C8H17Cl. The first-order chi connectivity index (χ1) is 4.35. The highest BCUT2D eigenvalue weighted by Gasteiger charge is 2.01. The molecule has 0 aliphatic heterocycles. The van der Waals surface area contributed by atoms with Crippen LogP contribution in [-0.4, -0.2) is 5.88 Å². The quantitative estimate of drug-likeness (QED) is 0.524. The zero-order chi connectivity index (χ0) is 7.11.